The van der Waals surface area contributed by atoms with Crippen LogP contribution < -0.4 is 5.73 Å². The number of halogens is 3. The smallest absolute Gasteiger partial charge is 0.137 e. The van der Waals surface area contributed by atoms with Crippen LogP contribution in [-0.2, 0) is 0 Å². The molecular weight excluding hydrogens is 292 g/mol. The highest BCUT2D eigenvalue weighted by atomic mass is 79.9. The van der Waals surface area contributed by atoms with Crippen LogP contribution in [0.2, 0.25) is 0 Å². The Hall–Kier alpha value is -0.120. The molecule has 1 aliphatic rings. The molecule has 0 bridgehead atoms. The van der Waals surface area contributed by atoms with E-state index in [9.17, 15) is 4.39 Å². The highest BCUT2D eigenvalue weighted by molar-refractivity contribution is 9.10. The van der Waals surface area contributed by atoms with Gasteiger partial charge in [0, 0.05) is 6.04 Å². The third kappa shape index (κ3) is 2.76. The fourth-order valence-corrected chi connectivity index (χ4v) is 2.88. The van der Waals surface area contributed by atoms with Crippen LogP contribution in [0.4, 0.5) is 4.39 Å². The second kappa shape index (κ2) is 5.99. The predicted octanol–water partition coefficient (Wildman–Crippen LogP) is 4.20. The van der Waals surface area contributed by atoms with E-state index >= 15 is 0 Å². The first-order chi connectivity index (χ1) is 7.20. The minimum atomic E-state index is -0.221. The van der Waals surface area contributed by atoms with E-state index in [2.05, 4.69) is 15.9 Å². The molecule has 90 valence electrons. The molecule has 0 spiro atoms. The van der Waals surface area contributed by atoms with Crippen LogP contribution in [0, 0.1) is 11.7 Å². The van der Waals surface area contributed by atoms with Gasteiger partial charge in [-0.05, 0) is 46.3 Å². The third-order valence-electron chi connectivity index (χ3n) is 3.25. The summed E-state index contributed by atoms with van der Waals surface area (Å²) in [6, 6.07) is 5.06. The average Bonchev–Trinajstić information content (AvgIpc) is 2.74. The third-order valence-corrected chi connectivity index (χ3v) is 4.08. The second-order valence-corrected chi connectivity index (χ2v) is 5.01. The first kappa shape index (κ1) is 13.9. The topological polar surface area (TPSA) is 26.0 Å². The molecule has 0 aromatic heterocycles. The highest BCUT2D eigenvalue weighted by Crippen LogP contribution is 2.37. The zero-order chi connectivity index (χ0) is 10.8. The maximum atomic E-state index is 13.3. The number of nitrogens with two attached hydrogens (primary N) is 1. The molecule has 1 aromatic rings. The van der Waals surface area contributed by atoms with Crippen LogP contribution in [0.5, 0.6) is 0 Å². The summed E-state index contributed by atoms with van der Waals surface area (Å²) in [4.78, 5) is 0. The lowest BCUT2D eigenvalue weighted by Crippen LogP contribution is -2.19. The summed E-state index contributed by atoms with van der Waals surface area (Å²) in [5, 5.41) is 0. The average molecular weight is 309 g/mol. The first-order valence-corrected chi connectivity index (χ1v) is 6.19. The number of benzene rings is 1. The van der Waals surface area contributed by atoms with Crippen molar-refractivity contribution >= 4 is 28.3 Å². The summed E-state index contributed by atoms with van der Waals surface area (Å²) in [7, 11) is 0. The monoisotopic (exact) mass is 307 g/mol. The predicted molar refractivity (Wildman–Crippen MR) is 70.2 cm³/mol. The van der Waals surface area contributed by atoms with Gasteiger partial charge in [0.25, 0.3) is 0 Å². The second-order valence-electron chi connectivity index (χ2n) is 4.21. The molecule has 1 aromatic carbocycles. The maximum absolute atomic E-state index is 13.3. The van der Waals surface area contributed by atoms with E-state index in [1.54, 1.807) is 6.07 Å². The van der Waals surface area contributed by atoms with E-state index in [4.69, 9.17) is 5.73 Å². The fourth-order valence-electron chi connectivity index (χ4n) is 2.35. The van der Waals surface area contributed by atoms with E-state index in [-0.39, 0.29) is 24.3 Å². The summed E-state index contributed by atoms with van der Waals surface area (Å²) in [5.41, 5.74) is 7.08. The zero-order valence-corrected chi connectivity index (χ0v) is 11.4. The molecule has 4 heteroatoms. The lowest BCUT2D eigenvalue weighted by atomic mass is 9.92. The van der Waals surface area contributed by atoms with Gasteiger partial charge in [-0.15, -0.1) is 12.4 Å². The standard InChI is InChI=1S/C12H15BrFN.ClH/c13-11-9(6-3-7-10(11)14)12(15)8-4-1-2-5-8;/h3,6-8,12H,1-2,4-5,15H2;1H/t12-;/m0./s1. The molecule has 1 aliphatic carbocycles. The van der Waals surface area contributed by atoms with Gasteiger partial charge in [-0.1, -0.05) is 25.0 Å². The van der Waals surface area contributed by atoms with Gasteiger partial charge >= 0.3 is 0 Å². The Labute approximate surface area is 110 Å². The minimum absolute atomic E-state index is 0. The van der Waals surface area contributed by atoms with E-state index in [0.29, 0.717) is 10.4 Å². The Balaban J connectivity index is 0.00000128. The summed E-state index contributed by atoms with van der Waals surface area (Å²) >= 11 is 3.27. The van der Waals surface area contributed by atoms with Crippen LogP contribution >= 0.6 is 28.3 Å². The number of hydrogen-bond donors (Lipinski definition) is 1. The molecule has 16 heavy (non-hydrogen) atoms. The van der Waals surface area contributed by atoms with Gasteiger partial charge in [0.05, 0.1) is 4.47 Å². The molecule has 1 fully saturated rings. The highest BCUT2D eigenvalue weighted by Gasteiger charge is 2.25. The van der Waals surface area contributed by atoms with E-state index in [0.717, 1.165) is 5.56 Å². The largest absolute Gasteiger partial charge is 0.324 e. The van der Waals surface area contributed by atoms with Crippen molar-refractivity contribution in [3.05, 3.63) is 34.1 Å². The summed E-state index contributed by atoms with van der Waals surface area (Å²) in [6.45, 7) is 0. The van der Waals surface area contributed by atoms with Gasteiger partial charge < -0.3 is 5.73 Å². The molecule has 0 saturated heterocycles. The van der Waals surface area contributed by atoms with E-state index < -0.39 is 0 Å². The van der Waals surface area contributed by atoms with E-state index in [1.165, 1.54) is 31.7 Å². The lowest BCUT2D eigenvalue weighted by molar-refractivity contribution is 0.441. The van der Waals surface area contributed by atoms with Crippen LogP contribution in [0.1, 0.15) is 37.3 Å². The zero-order valence-electron chi connectivity index (χ0n) is 8.96. The van der Waals surface area contributed by atoms with Crippen molar-refractivity contribution in [1.82, 2.24) is 0 Å². The normalized spacial score (nSPS) is 18.2. The molecule has 1 nitrogen and oxygen atoms in total. The van der Waals surface area contributed by atoms with Crippen molar-refractivity contribution < 1.29 is 4.39 Å². The van der Waals surface area contributed by atoms with Gasteiger partial charge in [-0.3, -0.25) is 0 Å². The number of rotatable bonds is 2. The van der Waals surface area contributed by atoms with Crippen molar-refractivity contribution in [2.24, 2.45) is 11.7 Å². The fraction of sp³-hybridized carbons (Fsp3) is 0.500. The van der Waals surface area contributed by atoms with Crippen LogP contribution in [0.25, 0.3) is 0 Å². The van der Waals surface area contributed by atoms with Crippen LogP contribution in [0.15, 0.2) is 22.7 Å². The molecule has 2 rings (SSSR count). The Morgan fingerprint density at radius 3 is 2.56 bits per heavy atom. The molecule has 0 aliphatic heterocycles. The first-order valence-electron chi connectivity index (χ1n) is 5.39. The van der Waals surface area contributed by atoms with Crippen molar-refractivity contribution in [1.29, 1.82) is 0 Å². The van der Waals surface area contributed by atoms with Gasteiger partial charge in [0.1, 0.15) is 5.82 Å². The summed E-state index contributed by atoms with van der Waals surface area (Å²) in [6.07, 6.45) is 4.85. The quantitative estimate of drug-likeness (QED) is 0.870. The maximum Gasteiger partial charge on any atom is 0.137 e. The number of hydrogen-bond acceptors (Lipinski definition) is 1. The van der Waals surface area contributed by atoms with Crippen LogP contribution in [-0.4, -0.2) is 0 Å². The minimum Gasteiger partial charge on any atom is -0.324 e. The summed E-state index contributed by atoms with van der Waals surface area (Å²) < 4.78 is 13.9. The van der Waals surface area contributed by atoms with Crippen molar-refractivity contribution in [3.8, 4) is 0 Å². The molecule has 0 unspecified atom stereocenters. The summed E-state index contributed by atoms with van der Waals surface area (Å²) in [5.74, 6) is 0.295. The molecule has 0 heterocycles. The molecule has 2 N–H and O–H groups in total. The Morgan fingerprint density at radius 2 is 1.94 bits per heavy atom. The lowest BCUT2D eigenvalue weighted by Gasteiger charge is -2.20. The molecule has 0 radical (unpaired) electrons. The molecule has 1 saturated carbocycles. The van der Waals surface area contributed by atoms with Gasteiger partial charge in [0.15, 0.2) is 0 Å². The molecule has 0 amide bonds. The van der Waals surface area contributed by atoms with Gasteiger partial charge in [0.2, 0.25) is 0 Å². The van der Waals surface area contributed by atoms with Gasteiger partial charge in [-0.25, -0.2) is 4.39 Å². The van der Waals surface area contributed by atoms with Crippen molar-refractivity contribution in [3.63, 3.8) is 0 Å². The van der Waals surface area contributed by atoms with Gasteiger partial charge in [-0.2, -0.15) is 0 Å². The van der Waals surface area contributed by atoms with Crippen molar-refractivity contribution in [2.75, 3.05) is 0 Å². The molecular formula is C12H16BrClFN. The Kier molecular flexibility index (Phi) is 5.22. The SMILES string of the molecule is Cl.N[C@H](c1cccc(F)c1Br)C1CCCC1. The Bertz CT molecular complexity index is 353. The van der Waals surface area contributed by atoms with Crippen LogP contribution in [0.3, 0.4) is 0 Å². The molecule has 1 atom stereocenters. The van der Waals surface area contributed by atoms with E-state index in [1.807, 2.05) is 6.07 Å². The van der Waals surface area contributed by atoms with Crippen molar-refractivity contribution in [2.45, 2.75) is 31.7 Å². The Morgan fingerprint density at radius 1 is 1.31 bits per heavy atom.